The van der Waals surface area contributed by atoms with Crippen LogP contribution < -0.4 is 31.6 Å². The summed E-state index contributed by atoms with van der Waals surface area (Å²) in [7, 11) is 0. The Bertz CT molecular complexity index is 1920. The molecule has 5 aromatic rings. The first-order valence-corrected chi connectivity index (χ1v) is 17.3. The number of guanidine groups is 1. The topological polar surface area (TPSA) is 141 Å². The smallest absolute Gasteiger partial charge is 0.258 e. The molecule has 0 aliphatic carbocycles. The van der Waals surface area contributed by atoms with Crippen LogP contribution in [-0.4, -0.2) is 50.1 Å². The molecule has 5 rings (SSSR count). The van der Waals surface area contributed by atoms with Gasteiger partial charge < -0.3 is 31.6 Å². The summed E-state index contributed by atoms with van der Waals surface area (Å²) >= 11 is 0. The zero-order chi connectivity index (χ0) is 35.3. The lowest BCUT2D eigenvalue weighted by Gasteiger charge is -2.21. The molecule has 50 heavy (non-hydrogen) atoms. The molecule has 0 bridgehead atoms. The molecule has 2 amide bonds. The summed E-state index contributed by atoms with van der Waals surface area (Å²) in [6, 6.07) is 33.4. The van der Waals surface area contributed by atoms with Crippen molar-refractivity contribution in [2.24, 2.45) is 22.4 Å². The van der Waals surface area contributed by atoms with Crippen LogP contribution in [0.3, 0.4) is 0 Å². The van der Waals surface area contributed by atoms with E-state index in [4.69, 9.17) is 20.9 Å². The van der Waals surface area contributed by atoms with Crippen molar-refractivity contribution in [3.8, 4) is 22.6 Å². The quantitative estimate of drug-likeness (QED) is 0.0514. The lowest BCUT2D eigenvalue weighted by Crippen LogP contribution is -2.48. The molecule has 0 saturated heterocycles. The van der Waals surface area contributed by atoms with Gasteiger partial charge >= 0.3 is 0 Å². The maximum Gasteiger partial charge on any atom is 0.258 e. The van der Waals surface area contributed by atoms with Crippen LogP contribution in [-0.2, 0) is 16.0 Å². The standard InChI is InChI=1S/C41H47N5O4/c1-28(2)23-26-49-35-20-18-30-13-6-8-15-32(30)38(35)39-33-16-9-7-14-31(33)19-21-36(39)50-27-37(47)46-34(17-10-24-45-41(42)43)40(48)44-25-22-29-11-4-3-5-12-29/h3-9,11-16,18-21,28,34H,10,17,22-27H2,1-2H3,(H,44,48)(H,46,47)(H4,42,43,45)/t34-/m1/s1. The van der Waals surface area contributed by atoms with Crippen molar-refractivity contribution >= 4 is 39.3 Å². The van der Waals surface area contributed by atoms with E-state index in [-0.39, 0.29) is 18.5 Å². The van der Waals surface area contributed by atoms with Crippen LogP contribution in [0.1, 0.15) is 38.7 Å². The van der Waals surface area contributed by atoms with Gasteiger partial charge in [0, 0.05) is 24.2 Å². The number of amides is 2. The summed E-state index contributed by atoms with van der Waals surface area (Å²) in [5.74, 6) is 1.08. The number of ether oxygens (including phenoxy) is 2. The summed E-state index contributed by atoms with van der Waals surface area (Å²) < 4.78 is 12.8. The highest BCUT2D eigenvalue weighted by Crippen LogP contribution is 2.45. The Morgan fingerprint density at radius 1 is 0.740 bits per heavy atom. The number of carbonyl (C=O) groups is 2. The second kappa shape index (κ2) is 17.7. The average Bonchev–Trinajstić information content (AvgIpc) is 3.12. The lowest BCUT2D eigenvalue weighted by molar-refractivity contribution is -0.130. The van der Waals surface area contributed by atoms with Gasteiger partial charge in [0.15, 0.2) is 12.6 Å². The summed E-state index contributed by atoms with van der Waals surface area (Å²) in [4.78, 5) is 30.8. The molecule has 9 heteroatoms. The van der Waals surface area contributed by atoms with Crippen molar-refractivity contribution in [1.29, 1.82) is 0 Å². The number of fused-ring (bicyclic) bond motifs is 2. The number of nitrogens with zero attached hydrogens (tertiary/aromatic N) is 1. The zero-order valence-corrected chi connectivity index (χ0v) is 28.9. The number of hydrogen-bond acceptors (Lipinski definition) is 5. The van der Waals surface area contributed by atoms with Crippen molar-refractivity contribution in [2.75, 3.05) is 26.3 Å². The van der Waals surface area contributed by atoms with Gasteiger partial charge in [0.25, 0.3) is 5.91 Å². The van der Waals surface area contributed by atoms with Crippen molar-refractivity contribution in [1.82, 2.24) is 10.6 Å². The number of hydrogen-bond donors (Lipinski definition) is 4. The van der Waals surface area contributed by atoms with Crippen LogP contribution in [0.25, 0.3) is 32.7 Å². The summed E-state index contributed by atoms with van der Waals surface area (Å²) in [5.41, 5.74) is 13.8. The van der Waals surface area contributed by atoms with Gasteiger partial charge in [0.05, 0.1) is 6.61 Å². The van der Waals surface area contributed by atoms with Crippen LogP contribution >= 0.6 is 0 Å². The first-order chi connectivity index (χ1) is 24.3. The highest BCUT2D eigenvalue weighted by molar-refractivity contribution is 6.09. The van der Waals surface area contributed by atoms with E-state index in [1.54, 1.807) is 0 Å². The number of aliphatic imine (C=N–C) groups is 1. The summed E-state index contributed by atoms with van der Waals surface area (Å²) in [6.45, 7) is 5.42. The first kappa shape index (κ1) is 35.7. The van der Waals surface area contributed by atoms with Gasteiger partial charge in [0.2, 0.25) is 5.91 Å². The van der Waals surface area contributed by atoms with Crippen LogP contribution in [0.4, 0.5) is 0 Å². The predicted octanol–water partition coefficient (Wildman–Crippen LogP) is 6.36. The number of nitrogens with one attached hydrogen (secondary N) is 2. The van der Waals surface area contributed by atoms with E-state index >= 15 is 0 Å². The molecule has 0 unspecified atom stereocenters. The largest absolute Gasteiger partial charge is 0.493 e. The third-order valence-corrected chi connectivity index (χ3v) is 8.50. The van der Waals surface area contributed by atoms with E-state index < -0.39 is 11.9 Å². The molecule has 1 atom stereocenters. The first-order valence-electron chi connectivity index (χ1n) is 17.3. The molecule has 260 valence electrons. The normalized spacial score (nSPS) is 11.7. The molecule has 0 fully saturated rings. The second-order valence-electron chi connectivity index (χ2n) is 12.7. The van der Waals surface area contributed by atoms with E-state index in [2.05, 4.69) is 59.8 Å². The Morgan fingerprint density at radius 2 is 1.34 bits per heavy atom. The Labute approximate surface area is 294 Å². The minimum absolute atomic E-state index is 0.0165. The van der Waals surface area contributed by atoms with Crippen LogP contribution in [0.5, 0.6) is 11.5 Å². The van der Waals surface area contributed by atoms with Gasteiger partial charge in [-0.15, -0.1) is 0 Å². The van der Waals surface area contributed by atoms with Gasteiger partial charge in [-0.25, -0.2) is 0 Å². The fourth-order valence-electron chi connectivity index (χ4n) is 5.91. The number of rotatable bonds is 17. The fraction of sp³-hybridized carbons (Fsp3) is 0.293. The number of carbonyl (C=O) groups excluding carboxylic acids is 2. The molecule has 0 radical (unpaired) electrons. The third-order valence-electron chi connectivity index (χ3n) is 8.50. The molecular formula is C41H47N5O4. The summed E-state index contributed by atoms with van der Waals surface area (Å²) in [5, 5.41) is 9.95. The molecular weight excluding hydrogens is 626 g/mol. The van der Waals surface area contributed by atoms with Crippen molar-refractivity contribution < 1.29 is 19.1 Å². The van der Waals surface area contributed by atoms with Crippen molar-refractivity contribution in [2.45, 2.75) is 45.6 Å². The van der Waals surface area contributed by atoms with E-state index in [1.165, 1.54) is 0 Å². The van der Waals surface area contributed by atoms with Gasteiger partial charge in [-0.3, -0.25) is 14.6 Å². The monoisotopic (exact) mass is 673 g/mol. The maximum atomic E-state index is 13.5. The molecule has 0 saturated carbocycles. The summed E-state index contributed by atoms with van der Waals surface area (Å²) in [6.07, 6.45) is 2.45. The van der Waals surface area contributed by atoms with E-state index in [1.807, 2.05) is 72.8 Å². The molecule has 0 aliphatic rings. The average molecular weight is 674 g/mol. The Kier molecular flexibility index (Phi) is 12.7. The predicted molar refractivity (Wildman–Crippen MR) is 202 cm³/mol. The van der Waals surface area contributed by atoms with Crippen molar-refractivity contribution in [3.05, 3.63) is 109 Å². The highest BCUT2D eigenvalue weighted by atomic mass is 16.5. The Balaban J connectivity index is 1.39. The third kappa shape index (κ3) is 9.75. The van der Waals surface area contributed by atoms with E-state index in [9.17, 15) is 9.59 Å². The maximum absolute atomic E-state index is 13.5. The van der Waals surface area contributed by atoms with Gasteiger partial charge in [-0.05, 0) is 70.8 Å². The molecule has 6 N–H and O–H groups in total. The van der Waals surface area contributed by atoms with Crippen LogP contribution in [0.2, 0.25) is 0 Å². The fourth-order valence-corrected chi connectivity index (χ4v) is 5.91. The Hall–Kier alpha value is -5.57. The lowest BCUT2D eigenvalue weighted by atomic mass is 9.92. The zero-order valence-electron chi connectivity index (χ0n) is 28.9. The molecule has 0 aromatic heterocycles. The molecule has 0 aliphatic heterocycles. The molecule has 5 aromatic carbocycles. The minimum Gasteiger partial charge on any atom is -0.493 e. The van der Waals surface area contributed by atoms with Crippen LogP contribution in [0.15, 0.2) is 108 Å². The molecule has 0 heterocycles. The van der Waals surface area contributed by atoms with E-state index in [0.717, 1.165) is 50.4 Å². The van der Waals surface area contributed by atoms with Gasteiger partial charge in [-0.2, -0.15) is 0 Å². The minimum atomic E-state index is -0.786. The molecule has 9 nitrogen and oxygen atoms in total. The van der Waals surface area contributed by atoms with Gasteiger partial charge in [0.1, 0.15) is 17.5 Å². The van der Waals surface area contributed by atoms with Gasteiger partial charge in [-0.1, -0.05) is 105 Å². The SMILES string of the molecule is CC(C)CCOc1ccc2ccccc2c1-c1c(OCC(=O)N[C@H](CCCN=C(N)N)C(=O)NCCc2ccccc2)ccc2ccccc12. The van der Waals surface area contributed by atoms with E-state index in [0.29, 0.717) is 50.6 Å². The number of nitrogens with two attached hydrogens (primary N) is 2. The molecule has 0 spiro atoms. The second-order valence-corrected chi connectivity index (χ2v) is 12.7. The van der Waals surface area contributed by atoms with Crippen molar-refractivity contribution in [3.63, 3.8) is 0 Å². The highest BCUT2D eigenvalue weighted by Gasteiger charge is 2.23. The Morgan fingerprint density at radius 3 is 1.96 bits per heavy atom. The van der Waals surface area contributed by atoms with Crippen LogP contribution in [0, 0.1) is 5.92 Å². The number of benzene rings is 5.